The first kappa shape index (κ1) is 16.4. The fraction of sp³-hybridized carbons (Fsp3) is 0.312. The highest BCUT2D eigenvalue weighted by Crippen LogP contribution is 2.41. The molecule has 1 atom stereocenters. The van der Waals surface area contributed by atoms with Crippen LogP contribution in [0.1, 0.15) is 22.0 Å². The van der Waals surface area contributed by atoms with Crippen LogP contribution >= 0.6 is 11.3 Å². The standard InChI is InChI=1S/C16H16N4O3S/c17-10-11-8-12(16(21)13(9-11)20(22)23)15(14-2-1-7-24-14)19-5-3-18-4-6-19/h1-2,7-9,15,18,21H,3-6H2/t15-/m0/s1. The Morgan fingerprint density at radius 2 is 2.17 bits per heavy atom. The van der Waals surface area contributed by atoms with E-state index < -0.39 is 10.6 Å². The molecule has 1 aliphatic rings. The van der Waals surface area contributed by atoms with Crippen LogP contribution in [0.3, 0.4) is 0 Å². The monoisotopic (exact) mass is 344 g/mol. The van der Waals surface area contributed by atoms with E-state index in [9.17, 15) is 20.5 Å². The quantitative estimate of drug-likeness (QED) is 0.651. The summed E-state index contributed by atoms with van der Waals surface area (Å²) in [5.41, 5.74) is 0.150. The Hall–Kier alpha value is -2.47. The van der Waals surface area contributed by atoms with Crippen molar-refractivity contribution in [3.8, 4) is 11.8 Å². The van der Waals surface area contributed by atoms with Crippen molar-refractivity contribution in [2.45, 2.75) is 6.04 Å². The number of piperazine rings is 1. The smallest absolute Gasteiger partial charge is 0.312 e. The van der Waals surface area contributed by atoms with Crippen LogP contribution in [0.5, 0.6) is 5.75 Å². The number of phenolic OH excluding ortho intramolecular Hbond substituents is 1. The third kappa shape index (κ3) is 3.10. The molecule has 1 aromatic carbocycles. The van der Waals surface area contributed by atoms with E-state index in [2.05, 4.69) is 10.2 Å². The zero-order valence-electron chi connectivity index (χ0n) is 12.8. The fourth-order valence-corrected chi connectivity index (χ4v) is 3.85. The lowest BCUT2D eigenvalue weighted by molar-refractivity contribution is -0.386. The van der Waals surface area contributed by atoms with E-state index in [0.717, 1.165) is 37.1 Å². The van der Waals surface area contributed by atoms with E-state index in [1.54, 1.807) is 6.07 Å². The van der Waals surface area contributed by atoms with Gasteiger partial charge in [-0.25, -0.2) is 0 Å². The molecule has 3 rings (SSSR count). The molecule has 8 heteroatoms. The van der Waals surface area contributed by atoms with Crippen LogP contribution in [0.4, 0.5) is 5.69 Å². The molecule has 1 fully saturated rings. The molecule has 0 amide bonds. The fourth-order valence-electron chi connectivity index (χ4n) is 2.97. The second kappa shape index (κ2) is 6.97. The molecule has 2 N–H and O–H groups in total. The number of nitriles is 1. The number of nitro groups is 1. The maximum atomic E-state index is 11.2. The second-order valence-electron chi connectivity index (χ2n) is 5.51. The van der Waals surface area contributed by atoms with Gasteiger partial charge in [0.25, 0.3) is 0 Å². The summed E-state index contributed by atoms with van der Waals surface area (Å²) >= 11 is 1.53. The van der Waals surface area contributed by atoms with Crippen LogP contribution in [0.25, 0.3) is 0 Å². The predicted octanol–water partition coefficient (Wildman–Crippen LogP) is 2.23. The number of nitro benzene ring substituents is 1. The van der Waals surface area contributed by atoms with Crippen molar-refractivity contribution in [1.82, 2.24) is 10.2 Å². The molecule has 1 saturated heterocycles. The summed E-state index contributed by atoms with van der Waals surface area (Å²) in [6, 6.07) is 8.16. The van der Waals surface area contributed by atoms with Gasteiger partial charge in [-0.1, -0.05) is 6.07 Å². The van der Waals surface area contributed by atoms with Gasteiger partial charge in [0.1, 0.15) is 0 Å². The second-order valence-corrected chi connectivity index (χ2v) is 6.49. The number of phenols is 1. The number of hydrogen-bond donors (Lipinski definition) is 2. The van der Waals surface area contributed by atoms with E-state index in [0.29, 0.717) is 5.56 Å². The molecule has 0 spiro atoms. The summed E-state index contributed by atoms with van der Waals surface area (Å²) in [5.74, 6) is -0.365. The molecule has 1 aliphatic heterocycles. The molecule has 0 aliphatic carbocycles. The lowest BCUT2D eigenvalue weighted by Crippen LogP contribution is -2.45. The van der Waals surface area contributed by atoms with Crippen LogP contribution in [0.2, 0.25) is 0 Å². The Morgan fingerprint density at radius 3 is 2.75 bits per heavy atom. The molecule has 24 heavy (non-hydrogen) atoms. The van der Waals surface area contributed by atoms with E-state index in [-0.39, 0.29) is 17.4 Å². The van der Waals surface area contributed by atoms with Crippen molar-refractivity contribution < 1.29 is 10.0 Å². The largest absolute Gasteiger partial charge is 0.502 e. The number of thiophene rings is 1. The first-order valence-corrected chi connectivity index (χ1v) is 8.39. The third-order valence-electron chi connectivity index (χ3n) is 4.07. The van der Waals surface area contributed by atoms with Gasteiger partial charge >= 0.3 is 5.69 Å². The summed E-state index contributed by atoms with van der Waals surface area (Å²) < 4.78 is 0. The highest BCUT2D eigenvalue weighted by Gasteiger charge is 2.31. The van der Waals surface area contributed by atoms with Crippen molar-refractivity contribution in [2.75, 3.05) is 26.2 Å². The topological polar surface area (TPSA) is 102 Å². The number of rotatable bonds is 4. The van der Waals surface area contributed by atoms with Gasteiger partial charge in [0.15, 0.2) is 5.75 Å². The summed E-state index contributed by atoms with van der Waals surface area (Å²) in [6.07, 6.45) is 0. The maximum Gasteiger partial charge on any atom is 0.312 e. The highest BCUT2D eigenvalue weighted by molar-refractivity contribution is 7.10. The molecule has 1 aromatic heterocycles. The van der Waals surface area contributed by atoms with Crippen LogP contribution in [-0.4, -0.2) is 41.1 Å². The Bertz CT molecular complexity index is 779. The highest BCUT2D eigenvalue weighted by atomic mass is 32.1. The maximum absolute atomic E-state index is 11.2. The molecule has 2 aromatic rings. The Labute approximate surface area is 142 Å². The van der Waals surface area contributed by atoms with Crippen LogP contribution in [0.15, 0.2) is 29.6 Å². The zero-order valence-corrected chi connectivity index (χ0v) is 13.6. The Morgan fingerprint density at radius 1 is 1.42 bits per heavy atom. The molecular formula is C16H16N4O3S. The van der Waals surface area contributed by atoms with Gasteiger partial charge in [-0.15, -0.1) is 11.3 Å². The minimum Gasteiger partial charge on any atom is -0.502 e. The van der Waals surface area contributed by atoms with Crippen molar-refractivity contribution in [3.05, 3.63) is 55.8 Å². The zero-order chi connectivity index (χ0) is 17.1. The first-order valence-electron chi connectivity index (χ1n) is 7.51. The van der Waals surface area contributed by atoms with E-state index in [4.69, 9.17) is 0 Å². The third-order valence-corrected chi connectivity index (χ3v) is 4.99. The average Bonchev–Trinajstić information content (AvgIpc) is 3.11. The van der Waals surface area contributed by atoms with Gasteiger partial charge in [-0.05, 0) is 17.5 Å². The minimum absolute atomic E-state index is 0.172. The van der Waals surface area contributed by atoms with Crippen molar-refractivity contribution in [1.29, 1.82) is 5.26 Å². The van der Waals surface area contributed by atoms with Crippen LogP contribution < -0.4 is 5.32 Å². The molecule has 2 heterocycles. The molecule has 0 radical (unpaired) electrons. The number of hydrogen-bond acceptors (Lipinski definition) is 7. The summed E-state index contributed by atoms with van der Waals surface area (Å²) in [6.45, 7) is 3.13. The van der Waals surface area contributed by atoms with Crippen molar-refractivity contribution >= 4 is 17.0 Å². The van der Waals surface area contributed by atoms with Crippen molar-refractivity contribution in [2.24, 2.45) is 0 Å². The molecule has 0 saturated carbocycles. The van der Waals surface area contributed by atoms with Gasteiger partial charge in [0.05, 0.1) is 22.6 Å². The number of benzene rings is 1. The Kier molecular flexibility index (Phi) is 4.76. The van der Waals surface area contributed by atoms with Gasteiger partial charge in [0.2, 0.25) is 0 Å². The van der Waals surface area contributed by atoms with E-state index in [1.165, 1.54) is 11.3 Å². The van der Waals surface area contributed by atoms with Gasteiger partial charge in [-0.2, -0.15) is 5.26 Å². The lowest BCUT2D eigenvalue weighted by atomic mass is 9.98. The van der Waals surface area contributed by atoms with Crippen LogP contribution in [-0.2, 0) is 0 Å². The number of aromatic hydroxyl groups is 1. The van der Waals surface area contributed by atoms with Gasteiger partial charge in [0, 0.05) is 42.7 Å². The number of nitrogens with zero attached hydrogens (tertiary/aromatic N) is 3. The first-order chi connectivity index (χ1) is 11.6. The number of nitrogens with one attached hydrogen (secondary N) is 1. The van der Waals surface area contributed by atoms with E-state index in [1.807, 2.05) is 23.6 Å². The molecule has 0 bridgehead atoms. The van der Waals surface area contributed by atoms with Crippen molar-refractivity contribution in [3.63, 3.8) is 0 Å². The molecule has 0 unspecified atom stereocenters. The summed E-state index contributed by atoms with van der Waals surface area (Å²) in [7, 11) is 0. The molecule has 124 valence electrons. The summed E-state index contributed by atoms with van der Waals surface area (Å²) in [4.78, 5) is 13.7. The molecule has 7 nitrogen and oxygen atoms in total. The SMILES string of the molecule is N#Cc1cc([C@@H](c2cccs2)N2CCNCC2)c(O)c([N+](=O)[O-])c1. The van der Waals surface area contributed by atoms with Gasteiger partial charge < -0.3 is 10.4 Å². The van der Waals surface area contributed by atoms with Crippen LogP contribution in [0, 0.1) is 21.4 Å². The minimum atomic E-state index is -0.650. The van der Waals surface area contributed by atoms with E-state index >= 15 is 0 Å². The Balaban J connectivity index is 2.15. The molecular weight excluding hydrogens is 328 g/mol. The average molecular weight is 344 g/mol. The lowest BCUT2D eigenvalue weighted by Gasteiger charge is -2.35. The summed E-state index contributed by atoms with van der Waals surface area (Å²) in [5, 5.41) is 36.1. The predicted molar refractivity (Wildman–Crippen MR) is 90.1 cm³/mol. The van der Waals surface area contributed by atoms with Gasteiger partial charge in [-0.3, -0.25) is 15.0 Å². The normalized spacial score (nSPS) is 16.5.